The maximum Gasteiger partial charge on any atom is 0.326 e. The summed E-state index contributed by atoms with van der Waals surface area (Å²) in [5.74, 6) is -1.30. The van der Waals surface area contributed by atoms with Crippen LogP contribution >= 0.6 is 0 Å². The van der Waals surface area contributed by atoms with E-state index in [-0.39, 0.29) is 30.6 Å². The van der Waals surface area contributed by atoms with Crippen LogP contribution in [0.25, 0.3) is 11.0 Å². The first-order valence-corrected chi connectivity index (χ1v) is 7.80. The standard InChI is InChI=1S/C16H19N3O4/c20-14(21)7-8-17-15(22)10-5-6-13-12(9-10)18-16(23)19(13)11-3-1-2-4-11/h5-6,9,11H,1-4,7-8H2,(H,17,22)(H,18,23)(H,20,21). The van der Waals surface area contributed by atoms with Gasteiger partial charge >= 0.3 is 11.7 Å². The molecule has 1 heterocycles. The number of carboxylic acid groups (broad SMARTS) is 1. The number of carbonyl (C=O) groups is 2. The van der Waals surface area contributed by atoms with Gasteiger partial charge in [0.1, 0.15) is 0 Å². The molecule has 1 amide bonds. The Kier molecular flexibility index (Phi) is 4.18. The molecule has 0 saturated heterocycles. The number of aromatic amines is 1. The number of benzene rings is 1. The van der Waals surface area contributed by atoms with Crippen molar-refractivity contribution in [2.45, 2.75) is 38.1 Å². The molecule has 3 rings (SSSR count). The highest BCUT2D eigenvalue weighted by molar-refractivity contribution is 5.97. The fourth-order valence-electron chi connectivity index (χ4n) is 3.18. The summed E-state index contributed by atoms with van der Waals surface area (Å²) in [5, 5.41) is 11.1. The number of carbonyl (C=O) groups excluding carboxylic acids is 1. The Labute approximate surface area is 132 Å². The number of rotatable bonds is 5. The topological polar surface area (TPSA) is 104 Å². The Hall–Kier alpha value is -2.57. The van der Waals surface area contributed by atoms with Gasteiger partial charge in [-0.25, -0.2) is 4.79 Å². The number of hydrogen-bond donors (Lipinski definition) is 3. The van der Waals surface area contributed by atoms with Gasteiger partial charge in [-0.1, -0.05) is 12.8 Å². The fourth-order valence-corrected chi connectivity index (χ4v) is 3.18. The van der Waals surface area contributed by atoms with Crippen LogP contribution in [0.3, 0.4) is 0 Å². The molecular formula is C16H19N3O4. The van der Waals surface area contributed by atoms with Crippen LogP contribution in [-0.4, -0.2) is 33.1 Å². The first kappa shape index (κ1) is 15.3. The van der Waals surface area contributed by atoms with Crippen molar-refractivity contribution in [2.24, 2.45) is 0 Å². The normalized spacial score (nSPS) is 15.1. The minimum absolute atomic E-state index is 0.0752. The second-order valence-corrected chi connectivity index (χ2v) is 5.87. The quantitative estimate of drug-likeness (QED) is 0.780. The molecule has 0 aliphatic heterocycles. The predicted molar refractivity (Wildman–Crippen MR) is 84.6 cm³/mol. The Balaban J connectivity index is 1.84. The number of carboxylic acids is 1. The highest BCUT2D eigenvalue weighted by Gasteiger charge is 2.21. The molecule has 1 saturated carbocycles. The van der Waals surface area contributed by atoms with E-state index in [9.17, 15) is 14.4 Å². The summed E-state index contributed by atoms with van der Waals surface area (Å²) in [7, 11) is 0. The molecule has 0 radical (unpaired) electrons. The zero-order chi connectivity index (χ0) is 16.4. The first-order chi connectivity index (χ1) is 11.1. The highest BCUT2D eigenvalue weighted by Crippen LogP contribution is 2.30. The van der Waals surface area contributed by atoms with Crippen LogP contribution in [0.15, 0.2) is 23.0 Å². The molecule has 0 bridgehead atoms. The smallest absolute Gasteiger partial charge is 0.326 e. The number of aromatic nitrogens is 2. The molecule has 3 N–H and O–H groups in total. The van der Waals surface area contributed by atoms with Crippen LogP contribution in [-0.2, 0) is 4.79 Å². The van der Waals surface area contributed by atoms with Crippen LogP contribution < -0.4 is 11.0 Å². The molecule has 1 aliphatic rings. The molecule has 0 spiro atoms. The molecule has 2 aromatic rings. The van der Waals surface area contributed by atoms with Gasteiger partial charge in [-0.15, -0.1) is 0 Å². The van der Waals surface area contributed by atoms with E-state index in [4.69, 9.17) is 5.11 Å². The largest absolute Gasteiger partial charge is 0.481 e. The van der Waals surface area contributed by atoms with E-state index in [0.29, 0.717) is 11.1 Å². The molecule has 1 fully saturated rings. The van der Waals surface area contributed by atoms with Crippen molar-refractivity contribution >= 4 is 22.9 Å². The van der Waals surface area contributed by atoms with Crippen molar-refractivity contribution in [3.63, 3.8) is 0 Å². The van der Waals surface area contributed by atoms with E-state index in [1.807, 2.05) is 0 Å². The fraction of sp³-hybridized carbons (Fsp3) is 0.438. The second kappa shape index (κ2) is 6.28. The summed E-state index contributed by atoms with van der Waals surface area (Å²) in [5.41, 5.74) is 1.70. The van der Waals surface area contributed by atoms with Crippen molar-refractivity contribution in [3.05, 3.63) is 34.2 Å². The lowest BCUT2D eigenvalue weighted by atomic mass is 10.1. The van der Waals surface area contributed by atoms with E-state index >= 15 is 0 Å². The lowest BCUT2D eigenvalue weighted by Crippen LogP contribution is -2.25. The lowest BCUT2D eigenvalue weighted by Gasteiger charge is -2.11. The lowest BCUT2D eigenvalue weighted by molar-refractivity contribution is -0.136. The van der Waals surface area contributed by atoms with Crippen molar-refractivity contribution in [2.75, 3.05) is 6.54 Å². The maximum atomic E-state index is 12.2. The third kappa shape index (κ3) is 3.13. The van der Waals surface area contributed by atoms with Crippen molar-refractivity contribution < 1.29 is 14.7 Å². The molecule has 1 aliphatic carbocycles. The van der Waals surface area contributed by atoms with E-state index < -0.39 is 5.97 Å². The van der Waals surface area contributed by atoms with Crippen molar-refractivity contribution in [1.29, 1.82) is 0 Å². The van der Waals surface area contributed by atoms with Crippen molar-refractivity contribution in [1.82, 2.24) is 14.9 Å². The molecule has 1 aromatic heterocycles. The number of H-pyrrole nitrogens is 1. The second-order valence-electron chi connectivity index (χ2n) is 5.87. The third-order valence-corrected chi connectivity index (χ3v) is 4.29. The maximum absolute atomic E-state index is 12.2. The van der Waals surface area contributed by atoms with Gasteiger partial charge in [0.05, 0.1) is 17.5 Å². The highest BCUT2D eigenvalue weighted by atomic mass is 16.4. The summed E-state index contributed by atoms with van der Waals surface area (Å²) in [6.07, 6.45) is 4.15. The van der Waals surface area contributed by atoms with Gasteiger partial charge < -0.3 is 15.4 Å². The van der Waals surface area contributed by atoms with Crippen LogP contribution in [0.5, 0.6) is 0 Å². The van der Waals surface area contributed by atoms with Gasteiger partial charge in [-0.2, -0.15) is 0 Å². The summed E-state index contributed by atoms with van der Waals surface area (Å²) < 4.78 is 1.79. The number of hydrogen-bond acceptors (Lipinski definition) is 3. The average molecular weight is 317 g/mol. The number of fused-ring (bicyclic) bond motifs is 1. The number of nitrogens with zero attached hydrogens (tertiary/aromatic N) is 1. The molecule has 7 heteroatoms. The summed E-state index contributed by atoms with van der Waals surface area (Å²) in [4.78, 5) is 37.5. The zero-order valence-electron chi connectivity index (χ0n) is 12.7. The Morgan fingerprint density at radius 2 is 2.04 bits per heavy atom. The predicted octanol–water partition coefficient (Wildman–Crippen LogP) is 1.65. The average Bonchev–Trinajstić information content (AvgIpc) is 3.12. The van der Waals surface area contributed by atoms with Gasteiger partial charge in [0.15, 0.2) is 0 Å². The molecule has 7 nitrogen and oxygen atoms in total. The number of nitrogens with one attached hydrogen (secondary N) is 2. The van der Waals surface area contributed by atoms with E-state index in [0.717, 1.165) is 31.2 Å². The molecule has 23 heavy (non-hydrogen) atoms. The van der Waals surface area contributed by atoms with E-state index in [2.05, 4.69) is 10.3 Å². The van der Waals surface area contributed by atoms with Crippen LogP contribution in [0.2, 0.25) is 0 Å². The van der Waals surface area contributed by atoms with Gasteiger partial charge in [0, 0.05) is 18.2 Å². The van der Waals surface area contributed by atoms with Gasteiger partial charge in [-0.05, 0) is 31.0 Å². The number of amides is 1. The molecular weight excluding hydrogens is 298 g/mol. The van der Waals surface area contributed by atoms with Crippen LogP contribution in [0.1, 0.15) is 48.5 Å². The van der Waals surface area contributed by atoms with E-state index in [1.54, 1.807) is 22.8 Å². The monoisotopic (exact) mass is 317 g/mol. The van der Waals surface area contributed by atoms with E-state index in [1.165, 1.54) is 0 Å². The number of imidazole rings is 1. The Bertz CT molecular complexity index is 799. The molecule has 0 atom stereocenters. The molecule has 1 aromatic carbocycles. The van der Waals surface area contributed by atoms with Gasteiger partial charge in [0.2, 0.25) is 0 Å². The minimum Gasteiger partial charge on any atom is -0.481 e. The molecule has 0 unspecified atom stereocenters. The first-order valence-electron chi connectivity index (χ1n) is 7.80. The summed E-state index contributed by atoms with van der Waals surface area (Å²) in [6, 6.07) is 5.30. The summed E-state index contributed by atoms with van der Waals surface area (Å²) >= 11 is 0. The molecule has 122 valence electrons. The Morgan fingerprint density at radius 3 is 2.74 bits per heavy atom. The van der Waals surface area contributed by atoms with Crippen LogP contribution in [0, 0.1) is 0 Å². The van der Waals surface area contributed by atoms with Gasteiger partial charge in [0.25, 0.3) is 5.91 Å². The minimum atomic E-state index is -0.960. The van der Waals surface area contributed by atoms with Crippen molar-refractivity contribution in [3.8, 4) is 0 Å². The zero-order valence-corrected chi connectivity index (χ0v) is 12.7. The number of aliphatic carboxylic acids is 1. The Morgan fingerprint density at radius 1 is 1.30 bits per heavy atom. The SMILES string of the molecule is O=C(O)CCNC(=O)c1ccc2c(c1)[nH]c(=O)n2C1CCCC1. The third-order valence-electron chi connectivity index (χ3n) is 4.29. The summed E-state index contributed by atoms with van der Waals surface area (Å²) in [6.45, 7) is 0.0752. The van der Waals surface area contributed by atoms with Crippen LogP contribution in [0.4, 0.5) is 0 Å². The van der Waals surface area contributed by atoms with Gasteiger partial charge in [-0.3, -0.25) is 14.2 Å².